The van der Waals surface area contributed by atoms with Crippen LogP contribution in [0.5, 0.6) is 0 Å². The van der Waals surface area contributed by atoms with Gasteiger partial charge in [0.15, 0.2) is 0 Å². The Morgan fingerprint density at radius 2 is 2.21 bits per heavy atom. The summed E-state index contributed by atoms with van der Waals surface area (Å²) < 4.78 is 13.0. The highest BCUT2D eigenvalue weighted by molar-refractivity contribution is 6.30. The lowest BCUT2D eigenvalue weighted by Gasteiger charge is -2.43. The molecule has 2 fully saturated rings. The number of aromatic nitrogens is 2. The molecule has 2 aromatic heterocycles. The summed E-state index contributed by atoms with van der Waals surface area (Å²) in [5.41, 5.74) is 1.16. The number of carbonyl (C=O) groups is 1. The first-order chi connectivity index (χ1) is 13.6. The van der Waals surface area contributed by atoms with Crippen molar-refractivity contribution in [3.8, 4) is 0 Å². The number of likely N-dealkylation sites (tertiary alicyclic amines) is 1. The van der Waals surface area contributed by atoms with Gasteiger partial charge in [-0.05, 0) is 25.0 Å². The standard InChI is InChI=1S/C20H27ClN4O3/c1-27-9-7-23-8-10-28-15-20(13-23)5-2-6-24(14-20)19(26)17-12-25-11-16(21)3-4-18(25)22-17/h3-4,11-12H,2,5-10,13-15H2,1H3. The van der Waals surface area contributed by atoms with Crippen molar-refractivity contribution in [3.05, 3.63) is 35.2 Å². The second-order valence-corrected chi connectivity index (χ2v) is 8.33. The van der Waals surface area contributed by atoms with Crippen molar-refractivity contribution in [2.24, 2.45) is 5.41 Å². The summed E-state index contributed by atoms with van der Waals surface area (Å²) in [4.78, 5) is 22.0. The van der Waals surface area contributed by atoms with Gasteiger partial charge in [0.1, 0.15) is 11.3 Å². The Hall–Kier alpha value is -1.67. The van der Waals surface area contributed by atoms with Crippen molar-refractivity contribution < 1.29 is 14.3 Å². The van der Waals surface area contributed by atoms with Crippen molar-refractivity contribution in [1.29, 1.82) is 0 Å². The van der Waals surface area contributed by atoms with Crippen molar-refractivity contribution >= 4 is 23.2 Å². The second kappa shape index (κ2) is 8.37. The van der Waals surface area contributed by atoms with Gasteiger partial charge in [0.25, 0.3) is 5.91 Å². The minimum atomic E-state index is -0.0272. The highest BCUT2D eigenvalue weighted by Gasteiger charge is 2.40. The molecule has 4 rings (SSSR count). The average Bonchev–Trinajstić information content (AvgIpc) is 3.02. The fourth-order valence-corrected chi connectivity index (χ4v) is 4.52. The number of methoxy groups -OCH3 is 1. The maximum atomic E-state index is 13.2. The molecule has 2 saturated heterocycles. The van der Waals surface area contributed by atoms with Crippen LogP contribution in [0.2, 0.25) is 5.02 Å². The van der Waals surface area contributed by atoms with Crippen LogP contribution in [0.4, 0.5) is 0 Å². The first-order valence-electron chi connectivity index (χ1n) is 9.81. The van der Waals surface area contributed by atoms with E-state index in [1.54, 1.807) is 30.0 Å². The molecular weight excluding hydrogens is 380 g/mol. The van der Waals surface area contributed by atoms with E-state index in [0.29, 0.717) is 30.5 Å². The zero-order valence-corrected chi connectivity index (χ0v) is 17.0. The lowest BCUT2D eigenvalue weighted by Crippen LogP contribution is -2.52. The summed E-state index contributed by atoms with van der Waals surface area (Å²) in [7, 11) is 1.73. The molecule has 1 amide bonds. The SMILES string of the molecule is COCCN1CCOCC2(CCCN(C(=O)c3cn4cc(Cl)ccc4n3)C2)C1. The van der Waals surface area contributed by atoms with Crippen molar-refractivity contribution in [2.45, 2.75) is 12.8 Å². The normalized spacial score (nSPS) is 24.0. The first kappa shape index (κ1) is 19.6. The van der Waals surface area contributed by atoms with Gasteiger partial charge in [-0.25, -0.2) is 4.98 Å². The van der Waals surface area contributed by atoms with Gasteiger partial charge in [0.2, 0.25) is 0 Å². The second-order valence-electron chi connectivity index (χ2n) is 7.89. The molecular formula is C20H27ClN4O3. The van der Waals surface area contributed by atoms with E-state index in [9.17, 15) is 4.79 Å². The van der Waals surface area contributed by atoms with Gasteiger partial charge < -0.3 is 18.8 Å². The van der Waals surface area contributed by atoms with E-state index in [-0.39, 0.29) is 11.3 Å². The van der Waals surface area contributed by atoms with Crippen LogP contribution in [-0.2, 0) is 9.47 Å². The summed E-state index contributed by atoms with van der Waals surface area (Å²) >= 11 is 6.05. The third kappa shape index (κ3) is 4.17. The number of rotatable bonds is 4. The van der Waals surface area contributed by atoms with E-state index in [1.165, 1.54) is 0 Å². The van der Waals surface area contributed by atoms with Crippen molar-refractivity contribution in [1.82, 2.24) is 19.2 Å². The molecule has 2 aliphatic heterocycles. The minimum Gasteiger partial charge on any atom is -0.383 e. The number of halogens is 1. The van der Waals surface area contributed by atoms with Crippen LogP contribution in [0.25, 0.3) is 5.65 Å². The Morgan fingerprint density at radius 3 is 3.07 bits per heavy atom. The molecule has 28 heavy (non-hydrogen) atoms. The Labute approximate surface area is 170 Å². The Morgan fingerprint density at radius 1 is 1.32 bits per heavy atom. The number of fused-ring (bicyclic) bond motifs is 1. The van der Waals surface area contributed by atoms with E-state index in [0.717, 1.165) is 51.3 Å². The van der Waals surface area contributed by atoms with E-state index in [4.69, 9.17) is 21.1 Å². The maximum Gasteiger partial charge on any atom is 0.274 e. The fraction of sp³-hybridized carbons (Fsp3) is 0.600. The number of ether oxygens (including phenoxy) is 2. The lowest BCUT2D eigenvalue weighted by atomic mass is 9.80. The highest BCUT2D eigenvalue weighted by atomic mass is 35.5. The number of nitrogens with zero attached hydrogens (tertiary/aromatic N) is 4. The van der Waals surface area contributed by atoms with Crippen LogP contribution >= 0.6 is 11.6 Å². The van der Waals surface area contributed by atoms with Gasteiger partial charge in [0.05, 0.1) is 24.8 Å². The number of hydrogen-bond acceptors (Lipinski definition) is 5. The van der Waals surface area contributed by atoms with E-state index >= 15 is 0 Å². The molecule has 0 saturated carbocycles. The maximum absolute atomic E-state index is 13.2. The quantitative estimate of drug-likeness (QED) is 0.779. The van der Waals surface area contributed by atoms with Crippen LogP contribution in [0.3, 0.4) is 0 Å². The van der Waals surface area contributed by atoms with Gasteiger partial charge >= 0.3 is 0 Å². The largest absolute Gasteiger partial charge is 0.383 e. The molecule has 0 aromatic carbocycles. The summed E-state index contributed by atoms with van der Waals surface area (Å²) in [6.07, 6.45) is 5.58. The van der Waals surface area contributed by atoms with Crippen molar-refractivity contribution in [2.75, 3.05) is 59.7 Å². The summed E-state index contributed by atoms with van der Waals surface area (Å²) in [5, 5.41) is 0.618. The molecule has 7 nitrogen and oxygen atoms in total. The molecule has 4 heterocycles. The third-order valence-corrected chi connectivity index (χ3v) is 5.94. The third-order valence-electron chi connectivity index (χ3n) is 5.71. The van der Waals surface area contributed by atoms with E-state index in [1.807, 2.05) is 11.0 Å². The van der Waals surface area contributed by atoms with Crippen LogP contribution in [0.15, 0.2) is 24.5 Å². The predicted molar refractivity (Wildman–Crippen MR) is 107 cm³/mol. The van der Waals surface area contributed by atoms with Gasteiger partial charge in [0, 0.05) is 57.6 Å². The molecule has 152 valence electrons. The number of carbonyl (C=O) groups excluding carboxylic acids is 1. The zero-order valence-electron chi connectivity index (χ0n) is 16.3. The Kier molecular flexibility index (Phi) is 5.87. The Balaban J connectivity index is 1.50. The molecule has 1 spiro atoms. The predicted octanol–water partition coefficient (Wildman–Crippen LogP) is 2.19. The molecule has 1 atom stereocenters. The van der Waals surface area contributed by atoms with Crippen LogP contribution in [-0.4, -0.2) is 84.7 Å². The smallest absolute Gasteiger partial charge is 0.274 e. The topological polar surface area (TPSA) is 59.3 Å². The fourth-order valence-electron chi connectivity index (χ4n) is 4.35. The number of hydrogen-bond donors (Lipinski definition) is 0. The van der Waals surface area contributed by atoms with E-state index < -0.39 is 0 Å². The van der Waals surface area contributed by atoms with E-state index in [2.05, 4.69) is 9.88 Å². The molecule has 2 aliphatic rings. The lowest BCUT2D eigenvalue weighted by molar-refractivity contribution is 0.00600. The van der Waals surface area contributed by atoms with Crippen LogP contribution in [0.1, 0.15) is 23.3 Å². The minimum absolute atomic E-state index is 0.0217. The number of pyridine rings is 1. The number of imidazole rings is 1. The number of piperidine rings is 1. The van der Waals surface area contributed by atoms with Gasteiger partial charge in [-0.2, -0.15) is 0 Å². The first-order valence-corrected chi connectivity index (χ1v) is 10.2. The van der Waals surface area contributed by atoms with Crippen LogP contribution < -0.4 is 0 Å². The molecule has 2 aromatic rings. The summed E-state index contributed by atoms with van der Waals surface area (Å²) in [6.45, 7) is 6.32. The summed E-state index contributed by atoms with van der Waals surface area (Å²) in [5.74, 6) is -0.0217. The summed E-state index contributed by atoms with van der Waals surface area (Å²) in [6, 6.07) is 3.61. The van der Waals surface area contributed by atoms with Gasteiger partial charge in [-0.3, -0.25) is 9.69 Å². The molecule has 0 N–H and O–H groups in total. The molecule has 0 bridgehead atoms. The average molecular weight is 407 g/mol. The number of amides is 1. The van der Waals surface area contributed by atoms with Crippen molar-refractivity contribution in [3.63, 3.8) is 0 Å². The Bertz CT molecular complexity index is 842. The monoisotopic (exact) mass is 406 g/mol. The van der Waals surface area contributed by atoms with Crippen LogP contribution in [0, 0.1) is 5.41 Å². The van der Waals surface area contributed by atoms with Gasteiger partial charge in [-0.1, -0.05) is 11.6 Å². The molecule has 0 radical (unpaired) electrons. The van der Waals surface area contributed by atoms with Gasteiger partial charge in [-0.15, -0.1) is 0 Å². The zero-order chi connectivity index (χ0) is 19.6. The highest BCUT2D eigenvalue weighted by Crippen LogP contribution is 2.33. The molecule has 1 unspecified atom stereocenters. The molecule has 8 heteroatoms. The molecule has 0 aliphatic carbocycles.